The summed E-state index contributed by atoms with van der Waals surface area (Å²) >= 11 is 0. The maximum atomic E-state index is 11.3. The summed E-state index contributed by atoms with van der Waals surface area (Å²) in [5.74, 6) is -0.620. The van der Waals surface area contributed by atoms with E-state index in [1.807, 2.05) is 0 Å². The lowest BCUT2D eigenvalue weighted by Crippen LogP contribution is -2.10. The lowest BCUT2D eigenvalue weighted by atomic mass is 10.1. The Bertz CT molecular complexity index is 687. The number of carbonyl (C=O) groups is 1. The third-order valence-corrected chi connectivity index (χ3v) is 3.55. The van der Waals surface area contributed by atoms with E-state index in [0.717, 1.165) is 11.8 Å². The Kier molecular flexibility index (Phi) is 2.92. The summed E-state index contributed by atoms with van der Waals surface area (Å²) in [7, 11) is -3.21. The van der Waals surface area contributed by atoms with E-state index in [4.69, 9.17) is 5.73 Å². The van der Waals surface area contributed by atoms with Gasteiger partial charge in [-0.2, -0.15) is 5.10 Å². The Balaban J connectivity index is 2.37. The van der Waals surface area contributed by atoms with Gasteiger partial charge in [-0.3, -0.25) is 9.89 Å². The normalized spacial score (nSPS) is 11.4. The summed E-state index contributed by atoms with van der Waals surface area (Å²) in [5, 5.41) is 6.41. The van der Waals surface area contributed by atoms with Crippen LogP contribution in [0.15, 0.2) is 35.2 Å². The predicted octanol–water partition coefficient (Wildman–Crippen LogP) is 0.579. The van der Waals surface area contributed by atoms with Crippen LogP contribution in [0.1, 0.15) is 10.5 Å². The number of aromatic nitrogens is 2. The maximum Gasteiger partial charge on any atom is 0.269 e. The second kappa shape index (κ2) is 4.26. The largest absolute Gasteiger partial charge is 0.364 e. The number of primary amides is 1. The van der Waals surface area contributed by atoms with Crippen LogP contribution in [0.3, 0.4) is 0 Å². The van der Waals surface area contributed by atoms with Gasteiger partial charge < -0.3 is 5.73 Å². The van der Waals surface area contributed by atoms with Crippen LogP contribution in [-0.4, -0.2) is 30.8 Å². The lowest BCUT2D eigenvalue weighted by Gasteiger charge is -2.00. The molecule has 3 N–H and O–H groups in total. The highest BCUT2D eigenvalue weighted by molar-refractivity contribution is 7.90. The van der Waals surface area contributed by atoms with E-state index in [0.29, 0.717) is 5.69 Å². The molecular weight excluding hydrogens is 254 g/mol. The fourth-order valence-electron chi connectivity index (χ4n) is 1.48. The Hall–Kier alpha value is -2.15. The molecule has 0 spiro atoms. The number of amides is 1. The molecule has 2 rings (SSSR count). The molecule has 0 fully saturated rings. The van der Waals surface area contributed by atoms with Gasteiger partial charge in [0.15, 0.2) is 9.84 Å². The van der Waals surface area contributed by atoms with E-state index in [9.17, 15) is 13.2 Å². The van der Waals surface area contributed by atoms with Crippen molar-refractivity contribution in [2.24, 2.45) is 5.73 Å². The molecule has 0 radical (unpaired) electrons. The van der Waals surface area contributed by atoms with Gasteiger partial charge in [-0.05, 0) is 23.8 Å². The van der Waals surface area contributed by atoms with Gasteiger partial charge in [-0.1, -0.05) is 12.1 Å². The standard InChI is InChI=1S/C11H11N3O3S/c1-18(16,17)8-4-2-7(3-5-8)9-6-10(11(12)15)14-13-9/h2-6H,1H3,(H2,12,15)(H,13,14). The zero-order chi connectivity index (χ0) is 13.3. The van der Waals surface area contributed by atoms with Crippen molar-refractivity contribution >= 4 is 15.7 Å². The van der Waals surface area contributed by atoms with E-state index in [1.165, 1.54) is 18.2 Å². The van der Waals surface area contributed by atoms with Crippen molar-refractivity contribution in [1.29, 1.82) is 0 Å². The number of rotatable bonds is 3. The molecule has 1 heterocycles. The first kappa shape index (κ1) is 12.3. The molecule has 0 bridgehead atoms. The third-order valence-electron chi connectivity index (χ3n) is 2.42. The third kappa shape index (κ3) is 2.40. The van der Waals surface area contributed by atoms with E-state index >= 15 is 0 Å². The van der Waals surface area contributed by atoms with Crippen LogP contribution in [0.25, 0.3) is 11.3 Å². The van der Waals surface area contributed by atoms with Crippen molar-refractivity contribution in [3.8, 4) is 11.3 Å². The Labute approximate surface area is 104 Å². The Morgan fingerprint density at radius 2 is 1.89 bits per heavy atom. The fourth-order valence-corrected chi connectivity index (χ4v) is 2.11. The molecule has 94 valence electrons. The molecule has 1 aromatic heterocycles. The molecule has 0 saturated carbocycles. The molecule has 0 aliphatic heterocycles. The number of carbonyl (C=O) groups excluding carboxylic acids is 1. The van der Waals surface area contributed by atoms with E-state index < -0.39 is 15.7 Å². The zero-order valence-electron chi connectivity index (χ0n) is 9.54. The number of benzene rings is 1. The average molecular weight is 265 g/mol. The molecule has 0 aliphatic rings. The lowest BCUT2D eigenvalue weighted by molar-refractivity contribution is 0.0995. The Morgan fingerprint density at radius 1 is 1.28 bits per heavy atom. The van der Waals surface area contributed by atoms with Gasteiger partial charge in [0.1, 0.15) is 5.69 Å². The van der Waals surface area contributed by atoms with E-state index in [1.54, 1.807) is 12.1 Å². The van der Waals surface area contributed by atoms with Crippen LogP contribution in [0.5, 0.6) is 0 Å². The van der Waals surface area contributed by atoms with Gasteiger partial charge in [-0.15, -0.1) is 0 Å². The van der Waals surface area contributed by atoms with Crippen molar-refractivity contribution in [3.05, 3.63) is 36.0 Å². The highest BCUT2D eigenvalue weighted by Crippen LogP contribution is 2.19. The molecule has 1 amide bonds. The van der Waals surface area contributed by atoms with Crippen LogP contribution < -0.4 is 5.73 Å². The molecule has 1 aromatic carbocycles. The van der Waals surface area contributed by atoms with Crippen LogP contribution in [0.2, 0.25) is 0 Å². The summed E-state index contributed by atoms with van der Waals surface area (Å²) in [4.78, 5) is 11.1. The molecule has 7 heteroatoms. The molecule has 2 aromatic rings. The highest BCUT2D eigenvalue weighted by atomic mass is 32.2. The summed E-state index contributed by atoms with van der Waals surface area (Å²) in [6.07, 6.45) is 1.14. The SMILES string of the molecule is CS(=O)(=O)c1ccc(-c2cc(C(N)=O)n[nH]2)cc1. The second-order valence-electron chi connectivity index (χ2n) is 3.83. The molecule has 6 nitrogen and oxygen atoms in total. The number of hydrogen-bond donors (Lipinski definition) is 2. The quantitative estimate of drug-likeness (QED) is 0.846. The minimum Gasteiger partial charge on any atom is -0.364 e. The van der Waals surface area contributed by atoms with Crippen molar-refractivity contribution in [2.75, 3.05) is 6.26 Å². The minimum atomic E-state index is -3.21. The average Bonchev–Trinajstić information content (AvgIpc) is 2.77. The molecule has 0 saturated heterocycles. The van der Waals surface area contributed by atoms with Crippen molar-refractivity contribution in [1.82, 2.24) is 10.2 Å². The first-order chi connectivity index (χ1) is 8.38. The fraction of sp³-hybridized carbons (Fsp3) is 0.0909. The smallest absolute Gasteiger partial charge is 0.269 e. The molecule has 0 aliphatic carbocycles. The molecule has 18 heavy (non-hydrogen) atoms. The Morgan fingerprint density at radius 3 is 2.33 bits per heavy atom. The van der Waals surface area contributed by atoms with Crippen molar-refractivity contribution in [2.45, 2.75) is 4.90 Å². The number of hydrogen-bond acceptors (Lipinski definition) is 4. The highest BCUT2D eigenvalue weighted by Gasteiger charge is 2.10. The number of nitrogens with zero attached hydrogens (tertiary/aromatic N) is 1. The monoisotopic (exact) mass is 265 g/mol. The summed E-state index contributed by atoms with van der Waals surface area (Å²) in [6, 6.07) is 7.77. The number of aromatic amines is 1. The van der Waals surface area contributed by atoms with Crippen molar-refractivity contribution in [3.63, 3.8) is 0 Å². The molecular formula is C11H11N3O3S. The molecule has 0 atom stereocenters. The topological polar surface area (TPSA) is 106 Å². The summed E-state index contributed by atoms with van der Waals surface area (Å²) in [5.41, 5.74) is 6.55. The number of nitrogens with two attached hydrogens (primary N) is 1. The number of nitrogens with one attached hydrogen (secondary N) is 1. The van der Waals surface area contributed by atoms with Crippen LogP contribution >= 0.6 is 0 Å². The first-order valence-electron chi connectivity index (χ1n) is 5.03. The second-order valence-corrected chi connectivity index (χ2v) is 5.84. The zero-order valence-corrected chi connectivity index (χ0v) is 10.4. The van der Waals surface area contributed by atoms with Crippen LogP contribution in [0, 0.1) is 0 Å². The summed E-state index contributed by atoms with van der Waals surface area (Å²) < 4.78 is 22.6. The van der Waals surface area contributed by atoms with Gasteiger partial charge in [0, 0.05) is 6.26 Å². The van der Waals surface area contributed by atoms with Crippen LogP contribution in [-0.2, 0) is 9.84 Å². The van der Waals surface area contributed by atoms with Gasteiger partial charge in [0.2, 0.25) is 0 Å². The summed E-state index contributed by atoms with van der Waals surface area (Å²) in [6.45, 7) is 0. The van der Waals surface area contributed by atoms with Crippen LogP contribution in [0.4, 0.5) is 0 Å². The minimum absolute atomic E-state index is 0.136. The van der Waals surface area contributed by atoms with Gasteiger partial charge in [-0.25, -0.2) is 8.42 Å². The van der Waals surface area contributed by atoms with E-state index in [-0.39, 0.29) is 10.6 Å². The van der Waals surface area contributed by atoms with E-state index in [2.05, 4.69) is 10.2 Å². The van der Waals surface area contributed by atoms with Gasteiger partial charge >= 0.3 is 0 Å². The predicted molar refractivity (Wildman–Crippen MR) is 65.7 cm³/mol. The molecule has 0 unspecified atom stereocenters. The first-order valence-corrected chi connectivity index (χ1v) is 6.93. The number of sulfone groups is 1. The maximum absolute atomic E-state index is 11.3. The van der Waals surface area contributed by atoms with Crippen molar-refractivity contribution < 1.29 is 13.2 Å². The number of H-pyrrole nitrogens is 1. The van der Waals surface area contributed by atoms with Gasteiger partial charge in [0.05, 0.1) is 10.6 Å². The van der Waals surface area contributed by atoms with Gasteiger partial charge in [0.25, 0.3) is 5.91 Å².